The van der Waals surface area contributed by atoms with E-state index < -0.39 is 30.3 Å². The number of urea groups is 1. The Morgan fingerprint density at radius 3 is 2.59 bits per heavy atom. The predicted molar refractivity (Wildman–Crippen MR) is 147 cm³/mol. The van der Waals surface area contributed by atoms with Gasteiger partial charge in [-0.2, -0.15) is 4.98 Å². The van der Waals surface area contributed by atoms with Crippen LogP contribution in [-0.4, -0.2) is 88.0 Å². The summed E-state index contributed by atoms with van der Waals surface area (Å²) < 4.78 is 56.2. The number of carbonyl (C=O) groups is 1. The minimum absolute atomic E-state index is 0.0956. The molecule has 3 saturated carbocycles. The molecule has 1 aromatic heterocycles. The Balaban J connectivity index is 1.17. The molecule has 6 rings (SSSR count). The first kappa shape index (κ1) is 29.2. The predicted octanol–water partition coefficient (Wildman–Crippen LogP) is 5.57. The van der Waals surface area contributed by atoms with Gasteiger partial charge >= 0.3 is 6.03 Å². The van der Waals surface area contributed by atoms with Gasteiger partial charge in [-0.1, -0.05) is 18.5 Å². The number of rotatable bonds is 8. The van der Waals surface area contributed by atoms with Gasteiger partial charge in [0.25, 0.3) is 5.92 Å². The zero-order valence-electron chi connectivity index (χ0n) is 24.7. The molecule has 8 nitrogen and oxygen atoms in total. The Labute approximate surface area is 241 Å². The molecule has 41 heavy (non-hydrogen) atoms. The normalized spacial score (nSPS) is 37.8. The lowest BCUT2D eigenvalue weighted by Crippen LogP contribution is -2.64. The van der Waals surface area contributed by atoms with Crippen LogP contribution < -0.4 is 5.32 Å². The van der Waals surface area contributed by atoms with Crippen LogP contribution in [0.2, 0.25) is 0 Å². The van der Waals surface area contributed by atoms with E-state index in [-0.39, 0.29) is 29.9 Å². The number of halogens is 3. The van der Waals surface area contributed by atoms with Gasteiger partial charge in [0.15, 0.2) is 5.82 Å². The van der Waals surface area contributed by atoms with Crippen LogP contribution in [0.4, 0.5) is 18.0 Å². The summed E-state index contributed by atoms with van der Waals surface area (Å²) in [6.45, 7) is 8.42. The Bertz CT molecular complexity index is 1080. The fourth-order valence-electron chi connectivity index (χ4n) is 7.59. The molecular formula is C30H46F3N5O3. The monoisotopic (exact) mass is 581 g/mol. The van der Waals surface area contributed by atoms with E-state index in [1.54, 1.807) is 4.90 Å². The Hall–Kier alpha value is -1.88. The van der Waals surface area contributed by atoms with E-state index >= 15 is 8.78 Å². The number of aromatic nitrogens is 2. The molecule has 0 radical (unpaired) electrons. The highest BCUT2D eigenvalue weighted by Crippen LogP contribution is 2.48. The van der Waals surface area contributed by atoms with Gasteiger partial charge in [-0.05, 0) is 77.6 Å². The van der Waals surface area contributed by atoms with Crippen LogP contribution in [0.15, 0.2) is 4.52 Å². The number of alkyl halides is 3. The molecule has 0 aromatic carbocycles. The van der Waals surface area contributed by atoms with E-state index in [4.69, 9.17) is 9.26 Å². The lowest BCUT2D eigenvalue weighted by atomic mass is 9.66. The smallest absolute Gasteiger partial charge is 0.318 e. The molecule has 5 aliphatic rings. The van der Waals surface area contributed by atoms with Crippen molar-refractivity contribution < 1.29 is 27.2 Å². The number of nitrogens with one attached hydrogen (secondary N) is 1. The van der Waals surface area contributed by atoms with Crippen LogP contribution in [0, 0.1) is 5.92 Å². The number of ether oxygens (including phenoxy) is 1. The molecule has 1 N–H and O–H groups in total. The summed E-state index contributed by atoms with van der Waals surface area (Å²) in [6.07, 6.45) is 5.33. The first-order valence-corrected chi connectivity index (χ1v) is 15.9. The highest BCUT2D eigenvalue weighted by atomic mass is 19.3. The van der Waals surface area contributed by atoms with Gasteiger partial charge in [-0.3, -0.25) is 4.90 Å². The largest absolute Gasteiger partial charge is 0.371 e. The molecule has 2 aliphatic heterocycles. The van der Waals surface area contributed by atoms with Gasteiger partial charge in [0.05, 0.1) is 18.1 Å². The van der Waals surface area contributed by atoms with Gasteiger partial charge in [-0.25, -0.2) is 18.0 Å². The van der Waals surface area contributed by atoms with Crippen LogP contribution in [-0.2, 0) is 10.2 Å². The van der Waals surface area contributed by atoms with Crippen molar-refractivity contribution in [2.75, 3.05) is 19.6 Å². The lowest BCUT2D eigenvalue weighted by Gasteiger charge is -2.50. The van der Waals surface area contributed by atoms with Crippen LogP contribution in [0.3, 0.4) is 0 Å². The highest BCUT2D eigenvalue weighted by molar-refractivity contribution is 5.75. The van der Waals surface area contributed by atoms with Gasteiger partial charge in [0.1, 0.15) is 12.2 Å². The molecule has 2 amide bonds. The van der Waals surface area contributed by atoms with Crippen LogP contribution >= 0.6 is 0 Å². The molecular weight excluding hydrogens is 535 g/mol. The maximum atomic E-state index is 15.4. The number of piperidine rings is 1. The maximum absolute atomic E-state index is 15.4. The van der Waals surface area contributed by atoms with Gasteiger partial charge in [0.2, 0.25) is 5.89 Å². The summed E-state index contributed by atoms with van der Waals surface area (Å²) in [6, 6.07) is -1.48. The summed E-state index contributed by atoms with van der Waals surface area (Å²) in [5.41, 5.74) is -0.384. The van der Waals surface area contributed by atoms with Crippen molar-refractivity contribution >= 4 is 6.03 Å². The molecule has 7 atom stereocenters. The van der Waals surface area contributed by atoms with Crippen molar-refractivity contribution in [3.8, 4) is 0 Å². The molecule has 0 bridgehead atoms. The molecule has 2 unspecified atom stereocenters. The van der Waals surface area contributed by atoms with Crippen molar-refractivity contribution in [1.82, 2.24) is 25.3 Å². The lowest BCUT2D eigenvalue weighted by molar-refractivity contribution is -0.138. The van der Waals surface area contributed by atoms with Gasteiger partial charge in [-0.15, -0.1) is 0 Å². The molecule has 0 spiro atoms. The molecule has 3 heterocycles. The van der Waals surface area contributed by atoms with E-state index in [0.29, 0.717) is 62.3 Å². The standard InChI is InChI=1S/C30H46F3N5O3/c1-4-29(27-35-26(41-36-27)21-15-22(21)31)12-14-38(23(16-29)19-7-5-8-19)28(39)34-25-24(9-6-11-30(25,32)33)40-20-10-13-37(17-20)18(2)3/h18-25H,4-17H2,1-3H3,(H,34,39)/t20-,21+,22-,23?,24-,25+,29?/m0/s1. The molecule has 230 valence electrons. The average molecular weight is 582 g/mol. The average Bonchev–Trinajstić information content (AvgIpc) is 3.28. The second-order valence-corrected chi connectivity index (χ2v) is 13.6. The van der Waals surface area contributed by atoms with Crippen LogP contribution in [0.25, 0.3) is 0 Å². The summed E-state index contributed by atoms with van der Waals surface area (Å²) in [4.78, 5) is 22.6. The SMILES string of the molecule is CCC1(c2noc([C@@H]3C[C@@H]3F)n2)CCN(C(=O)N[C@@H]2[C@@H](O[C@H]3CCN(C(C)C)C3)CCCC2(F)F)C(C2CCC2)C1. The summed E-state index contributed by atoms with van der Waals surface area (Å²) in [5.74, 6) is -2.05. The van der Waals surface area contributed by atoms with E-state index in [0.717, 1.165) is 45.2 Å². The topological polar surface area (TPSA) is 83.7 Å². The highest BCUT2D eigenvalue weighted by Gasteiger charge is 2.53. The molecule has 2 saturated heterocycles. The summed E-state index contributed by atoms with van der Waals surface area (Å²) in [7, 11) is 0. The zero-order chi connectivity index (χ0) is 28.9. The van der Waals surface area contributed by atoms with Crippen LogP contribution in [0.5, 0.6) is 0 Å². The number of hydrogen-bond acceptors (Lipinski definition) is 6. The van der Waals surface area contributed by atoms with Crippen molar-refractivity contribution in [1.29, 1.82) is 0 Å². The van der Waals surface area contributed by atoms with Crippen molar-refractivity contribution in [3.05, 3.63) is 11.7 Å². The maximum Gasteiger partial charge on any atom is 0.318 e. The first-order valence-electron chi connectivity index (χ1n) is 15.9. The number of nitrogens with zero attached hydrogens (tertiary/aromatic N) is 4. The van der Waals surface area contributed by atoms with E-state index in [1.165, 1.54) is 0 Å². The number of hydrogen-bond donors (Lipinski definition) is 1. The third kappa shape index (κ3) is 5.74. The summed E-state index contributed by atoms with van der Waals surface area (Å²) in [5, 5.41) is 7.08. The van der Waals surface area contributed by atoms with E-state index in [9.17, 15) is 9.18 Å². The fraction of sp³-hybridized carbons (Fsp3) is 0.900. The molecule has 11 heteroatoms. The van der Waals surface area contributed by atoms with E-state index in [1.807, 2.05) is 0 Å². The molecule has 3 aliphatic carbocycles. The third-order valence-electron chi connectivity index (χ3n) is 10.8. The van der Waals surface area contributed by atoms with Crippen LogP contribution in [0.1, 0.15) is 109 Å². The Morgan fingerprint density at radius 2 is 1.95 bits per heavy atom. The number of amides is 2. The first-order chi connectivity index (χ1) is 19.6. The van der Waals surface area contributed by atoms with Gasteiger partial charge in [0, 0.05) is 43.6 Å². The zero-order valence-corrected chi connectivity index (χ0v) is 24.7. The Morgan fingerprint density at radius 1 is 1.17 bits per heavy atom. The quantitative estimate of drug-likeness (QED) is 0.432. The number of likely N-dealkylation sites (tertiary alicyclic amines) is 2. The van der Waals surface area contributed by atoms with Crippen molar-refractivity contribution in [3.63, 3.8) is 0 Å². The molecule has 5 fully saturated rings. The number of carbonyl (C=O) groups excluding carboxylic acids is 1. The fourth-order valence-corrected chi connectivity index (χ4v) is 7.59. The third-order valence-corrected chi connectivity index (χ3v) is 10.8. The second-order valence-electron chi connectivity index (χ2n) is 13.6. The Kier molecular flexibility index (Phi) is 8.06. The van der Waals surface area contributed by atoms with Gasteiger partial charge < -0.3 is 19.5 Å². The molecule has 1 aromatic rings. The summed E-state index contributed by atoms with van der Waals surface area (Å²) >= 11 is 0. The minimum Gasteiger partial charge on any atom is -0.371 e. The van der Waals surface area contributed by atoms with E-state index in [2.05, 4.69) is 41.1 Å². The van der Waals surface area contributed by atoms with Crippen molar-refractivity contribution in [2.45, 2.75) is 145 Å². The van der Waals surface area contributed by atoms with Crippen molar-refractivity contribution in [2.24, 2.45) is 5.92 Å². The minimum atomic E-state index is -3.03. The second kappa shape index (κ2) is 11.3.